The van der Waals surface area contributed by atoms with E-state index < -0.39 is 7.87 Å². The molecule has 0 saturated carbocycles. The molecule has 0 saturated heterocycles. The SMILES string of the molecule is CCCC[Si](Cl)(OCC)OCCC. The van der Waals surface area contributed by atoms with Crippen LogP contribution in [-0.4, -0.2) is 21.1 Å². The van der Waals surface area contributed by atoms with E-state index in [0.717, 1.165) is 31.9 Å². The van der Waals surface area contributed by atoms with Crippen molar-refractivity contribution in [3.05, 3.63) is 0 Å². The van der Waals surface area contributed by atoms with Gasteiger partial charge in [0.05, 0.1) is 0 Å². The van der Waals surface area contributed by atoms with Crippen LogP contribution in [0, 0.1) is 0 Å². The molecule has 0 N–H and O–H groups in total. The Morgan fingerprint density at radius 3 is 2.23 bits per heavy atom. The van der Waals surface area contributed by atoms with Gasteiger partial charge in [0.25, 0.3) is 0 Å². The van der Waals surface area contributed by atoms with Gasteiger partial charge in [-0.15, -0.1) is 0 Å². The van der Waals surface area contributed by atoms with Crippen molar-refractivity contribution >= 4 is 18.9 Å². The molecule has 0 aliphatic carbocycles. The Labute approximate surface area is 87.5 Å². The predicted molar refractivity (Wildman–Crippen MR) is 59.2 cm³/mol. The molecule has 0 aliphatic rings. The molecule has 0 amide bonds. The second kappa shape index (κ2) is 7.80. The van der Waals surface area contributed by atoms with E-state index in [4.69, 9.17) is 19.9 Å². The average molecular weight is 225 g/mol. The molecule has 0 bridgehead atoms. The van der Waals surface area contributed by atoms with Crippen LogP contribution in [0.2, 0.25) is 6.04 Å². The number of unbranched alkanes of at least 4 members (excludes halogenated alkanes) is 1. The van der Waals surface area contributed by atoms with Crippen molar-refractivity contribution in [1.82, 2.24) is 0 Å². The number of hydrogen-bond donors (Lipinski definition) is 0. The molecular weight excluding hydrogens is 204 g/mol. The molecule has 1 unspecified atom stereocenters. The molecule has 0 radical (unpaired) electrons. The normalized spacial score (nSPS) is 15.7. The minimum atomic E-state index is -2.32. The first-order valence-corrected chi connectivity index (χ1v) is 8.18. The van der Waals surface area contributed by atoms with Crippen LogP contribution in [0.3, 0.4) is 0 Å². The van der Waals surface area contributed by atoms with E-state index in [0.29, 0.717) is 6.61 Å². The minimum absolute atomic E-state index is 0.656. The summed E-state index contributed by atoms with van der Waals surface area (Å²) in [6.07, 6.45) is 3.24. The summed E-state index contributed by atoms with van der Waals surface area (Å²) in [5.41, 5.74) is 0. The summed E-state index contributed by atoms with van der Waals surface area (Å²) >= 11 is 6.29. The van der Waals surface area contributed by atoms with E-state index in [-0.39, 0.29) is 0 Å². The third kappa shape index (κ3) is 6.49. The molecule has 0 spiro atoms. The van der Waals surface area contributed by atoms with Gasteiger partial charge in [-0.25, -0.2) is 0 Å². The number of rotatable bonds is 8. The maximum atomic E-state index is 6.29. The average Bonchev–Trinajstić information content (AvgIpc) is 2.12. The van der Waals surface area contributed by atoms with Crippen LogP contribution in [0.4, 0.5) is 0 Å². The Morgan fingerprint density at radius 2 is 1.77 bits per heavy atom. The second-order valence-electron chi connectivity index (χ2n) is 3.04. The summed E-state index contributed by atoms with van der Waals surface area (Å²) in [6.45, 7) is 7.57. The maximum Gasteiger partial charge on any atom is 0.443 e. The molecule has 0 rings (SSSR count). The third-order valence-corrected chi connectivity index (χ3v) is 5.24. The lowest BCUT2D eigenvalue weighted by molar-refractivity contribution is 0.193. The molecule has 0 heterocycles. The van der Waals surface area contributed by atoms with Gasteiger partial charge in [0, 0.05) is 19.3 Å². The summed E-state index contributed by atoms with van der Waals surface area (Å²) in [7, 11) is -2.32. The lowest BCUT2D eigenvalue weighted by Gasteiger charge is -2.23. The Hall–Kier alpha value is 0.427. The largest absolute Gasteiger partial charge is 0.443 e. The minimum Gasteiger partial charge on any atom is -0.383 e. The fourth-order valence-electron chi connectivity index (χ4n) is 1.04. The zero-order valence-electron chi connectivity index (χ0n) is 8.94. The molecule has 1 atom stereocenters. The fourth-order valence-corrected chi connectivity index (χ4v) is 4.09. The summed E-state index contributed by atoms with van der Waals surface area (Å²) < 4.78 is 11.1. The first kappa shape index (κ1) is 13.4. The van der Waals surface area contributed by atoms with Crippen molar-refractivity contribution in [2.24, 2.45) is 0 Å². The van der Waals surface area contributed by atoms with Gasteiger partial charge in [0.1, 0.15) is 0 Å². The van der Waals surface area contributed by atoms with E-state index in [1.54, 1.807) is 0 Å². The summed E-state index contributed by atoms with van der Waals surface area (Å²) in [6, 6.07) is 0.902. The highest BCUT2D eigenvalue weighted by molar-refractivity contribution is 7.12. The molecule has 80 valence electrons. The Kier molecular flexibility index (Phi) is 8.05. The highest BCUT2D eigenvalue weighted by Crippen LogP contribution is 2.21. The molecule has 13 heavy (non-hydrogen) atoms. The molecular formula is C9H21ClO2Si. The van der Waals surface area contributed by atoms with Gasteiger partial charge in [-0.2, -0.15) is 0 Å². The van der Waals surface area contributed by atoms with Crippen molar-refractivity contribution in [2.45, 2.75) is 46.1 Å². The van der Waals surface area contributed by atoms with Gasteiger partial charge in [-0.05, 0) is 13.3 Å². The van der Waals surface area contributed by atoms with Gasteiger partial charge >= 0.3 is 7.87 Å². The Bertz CT molecular complexity index is 114. The molecule has 0 aliphatic heterocycles. The molecule has 0 aromatic carbocycles. The van der Waals surface area contributed by atoms with E-state index in [1.165, 1.54) is 0 Å². The van der Waals surface area contributed by atoms with Crippen LogP contribution in [0.15, 0.2) is 0 Å². The van der Waals surface area contributed by atoms with E-state index in [9.17, 15) is 0 Å². The van der Waals surface area contributed by atoms with Gasteiger partial charge in [0.2, 0.25) is 0 Å². The highest BCUT2D eigenvalue weighted by Gasteiger charge is 2.34. The lowest BCUT2D eigenvalue weighted by Crippen LogP contribution is -2.36. The standard InChI is InChI=1S/C9H21ClO2Si/c1-4-7-9-13(10,11-6-3)12-8-5-2/h4-9H2,1-3H3. The van der Waals surface area contributed by atoms with Crippen molar-refractivity contribution in [2.75, 3.05) is 13.2 Å². The smallest absolute Gasteiger partial charge is 0.383 e. The van der Waals surface area contributed by atoms with Crippen molar-refractivity contribution in [1.29, 1.82) is 0 Å². The van der Waals surface area contributed by atoms with Crippen molar-refractivity contribution < 1.29 is 8.85 Å². The third-order valence-electron chi connectivity index (χ3n) is 1.71. The topological polar surface area (TPSA) is 18.5 Å². The van der Waals surface area contributed by atoms with Gasteiger partial charge in [-0.3, -0.25) is 0 Å². The van der Waals surface area contributed by atoms with E-state index in [1.807, 2.05) is 6.92 Å². The maximum absolute atomic E-state index is 6.29. The second-order valence-corrected chi connectivity index (χ2v) is 7.17. The van der Waals surface area contributed by atoms with Crippen LogP contribution in [-0.2, 0) is 8.85 Å². The monoisotopic (exact) mass is 224 g/mol. The van der Waals surface area contributed by atoms with Crippen LogP contribution in [0.1, 0.15) is 40.0 Å². The van der Waals surface area contributed by atoms with Gasteiger partial charge in [-0.1, -0.05) is 37.8 Å². The van der Waals surface area contributed by atoms with Crippen molar-refractivity contribution in [3.63, 3.8) is 0 Å². The summed E-state index contributed by atoms with van der Waals surface area (Å²) in [5.74, 6) is 0. The Morgan fingerprint density at radius 1 is 1.08 bits per heavy atom. The lowest BCUT2D eigenvalue weighted by atomic mass is 10.4. The van der Waals surface area contributed by atoms with E-state index in [2.05, 4.69) is 13.8 Å². The van der Waals surface area contributed by atoms with Gasteiger partial charge < -0.3 is 8.85 Å². The van der Waals surface area contributed by atoms with Crippen LogP contribution in [0.25, 0.3) is 0 Å². The molecule has 4 heteroatoms. The van der Waals surface area contributed by atoms with Crippen LogP contribution < -0.4 is 0 Å². The fraction of sp³-hybridized carbons (Fsp3) is 1.00. The highest BCUT2D eigenvalue weighted by atomic mass is 35.6. The van der Waals surface area contributed by atoms with E-state index >= 15 is 0 Å². The molecule has 0 aromatic heterocycles. The van der Waals surface area contributed by atoms with Crippen LogP contribution in [0.5, 0.6) is 0 Å². The first-order valence-electron chi connectivity index (χ1n) is 5.15. The first-order chi connectivity index (χ1) is 6.18. The summed E-state index contributed by atoms with van der Waals surface area (Å²) in [4.78, 5) is 0. The number of hydrogen-bond acceptors (Lipinski definition) is 2. The molecule has 0 fully saturated rings. The number of halogens is 1. The predicted octanol–water partition coefficient (Wildman–Crippen LogP) is 3.43. The summed E-state index contributed by atoms with van der Waals surface area (Å²) in [5, 5.41) is 0. The van der Waals surface area contributed by atoms with Crippen LogP contribution >= 0.6 is 11.1 Å². The molecule has 0 aromatic rings. The van der Waals surface area contributed by atoms with Gasteiger partial charge in [0.15, 0.2) is 0 Å². The Balaban J connectivity index is 3.84. The quantitative estimate of drug-likeness (QED) is 0.465. The zero-order chi connectivity index (χ0) is 10.2. The zero-order valence-corrected chi connectivity index (χ0v) is 10.7. The van der Waals surface area contributed by atoms with Crippen molar-refractivity contribution in [3.8, 4) is 0 Å². The molecule has 2 nitrogen and oxygen atoms in total.